The van der Waals surface area contributed by atoms with E-state index >= 15 is 0 Å². The van der Waals surface area contributed by atoms with Crippen molar-refractivity contribution >= 4 is 33.3 Å². The number of hydrogen-bond acceptors (Lipinski definition) is 5. The molecule has 1 amide bonds. The first kappa shape index (κ1) is 20.4. The van der Waals surface area contributed by atoms with Gasteiger partial charge in [-0.2, -0.15) is 0 Å². The molecule has 2 aromatic rings. The normalized spacial score (nSPS) is 10.9. The summed E-state index contributed by atoms with van der Waals surface area (Å²) in [6.07, 6.45) is 1.63. The first-order chi connectivity index (χ1) is 12.8. The number of benzene rings is 2. The second-order valence-electron chi connectivity index (χ2n) is 5.89. The van der Waals surface area contributed by atoms with E-state index in [1.165, 1.54) is 17.5 Å². The van der Waals surface area contributed by atoms with E-state index in [-0.39, 0.29) is 18.9 Å². The second-order valence-corrected chi connectivity index (χ2v) is 7.80. The molecule has 0 bridgehead atoms. The highest BCUT2D eigenvalue weighted by atomic mass is 32.2. The van der Waals surface area contributed by atoms with Crippen LogP contribution in [0.4, 0.5) is 11.4 Å². The van der Waals surface area contributed by atoms with Gasteiger partial charge in [0, 0.05) is 18.7 Å². The predicted octanol–water partition coefficient (Wildman–Crippen LogP) is 2.66. The third kappa shape index (κ3) is 6.10. The molecule has 8 heteroatoms. The number of rotatable bonds is 8. The summed E-state index contributed by atoms with van der Waals surface area (Å²) in [6, 6.07) is 15.2. The van der Waals surface area contributed by atoms with Crippen LogP contribution in [0.1, 0.15) is 23.2 Å². The van der Waals surface area contributed by atoms with Crippen LogP contribution < -0.4 is 9.62 Å². The highest BCUT2D eigenvalue weighted by Gasteiger charge is 2.17. The van der Waals surface area contributed by atoms with E-state index in [0.717, 1.165) is 6.26 Å². The number of para-hydroxylation sites is 1. The standard InChI is InChI=1S/C19H22N2O5S/c1-26-19(23)15-8-6-9-16(14-15)20-18(22)12-7-13-21(27(2,24)25)17-10-4-3-5-11-17/h3-6,8-11,14H,7,12-13H2,1-2H3,(H,20,22). The number of esters is 1. The minimum Gasteiger partial charge on any atom is -0.465 e. The fourth-order valence-electron chi connectivity index (χ4n) is 2.53. The molecule has 27 heavy (non-hydrogen) atoms. The van der Waals surface area contributed by atoms with E-state index in [1.54, 1.807) is 48.5 Å². The fourth-order valence-corrected chi connectivity index (χ4v) is 3.49. The van der Waals surface area contributed by atoms with Gasteiger partial charge in [0.2, 0.25) is 15.9 Å². The Morgan fingerprint density at radius 1 is 1.07 bits per heavy atom. The monoisotopic (exact) mass is 390 g/mol. The van der Waals surface area contributed by atoms with E-state index in [4.69, 9.17) is 0 Å². The highest BCUT2D eigenvalue weighted by molar-refractivity contribution is 7.92. The van der Waals surface area contributed by atoms with Crippen LogP contribution in [0.15, 0.2) is 54.6 Å². The zero-order chi connectivity index (χ0) is 19.9. The lowest BCUT2D eigenvalue weighted by Crippen LogP contribution is -2.31. The van der Waals surface area contributed by atoms with Crippen molar-refractivity contribution in [3.63, 3.8) is 0 Å². The van der Waals surface area contributed by atoms with E-state index in [9.17, 15) is 18.0 Å². The Morgan fingerprint density at radius 2 is 1.78 bits per heavy atom. The van der Waals surface area contributed by atoms with Crippen molar-refractivity contribution in [1.29, 1.82) is 0 Å². The summed E-state index contributed by atoms with van der Waals surface area (Å²) in [5, 5.41) is 2.70. The van der Waals surface area contributed by atoms with Gasteiger partial charge >= 0.3 is 5.97 Å². The van der Waals surface area contributed by atoms with Gasteiger partial charge in [0.15, 0.2) is 0 Å². The van der Waals surface area contributed by atoms with Crippen LogP contribution >= 0.6 is 0 Å². The summed E-state index contributed by atoms with van der Waals surface area (Å²) in [5.74, 6) is -0.753. The zero-order valence-electron chi connectivity index (χ0n) is 15.2. The van der Waals surface area contributed by atoms with Gasteiger partial charge in [0.1, 0.15) is 0 Å². The molecular weight excluding hydrogens is 368 g/mol. The maximum absolute atomic E-state index is 12.1. The molecular formula is C19H22N2O5S. The van der Waals surface area contributed by atoms with Crippen molar-refractivity contribution in [2.75, 3.05) is 29.5 Å². The topological polar surface area (TPSA) is 92.8 Å². The van der Waals surface area contributed by atoms with Gasteiger partial charge in [0.05, 0.1) is 24.6 Å². The number of hydrogen-bond donors (Lipinski definition) is 1. The average molecular weight is 390 g/mol. The van der Waals surface area contributed by atoms with Crippen LogP contribution in [-0.4, -0.2) is 40.2 Å². The molecule has 7 nitrogen and oxygen atoms in total. The molecule has 0 unspecified atom stereocenters. The number of amides is 1. The van der Waals surface area contributed by atoms with Gasteiger partial charge in [-0.3, -0.25) is 9.10 Å². The lowest BCUT2D eigenvalue weighted by atomic mass is 10.2. The van der Waals surface area contributed by atoms with Crippen molar-refractivity contribution in [3.05, 3.63) is 60.2 Å². The third-order valence-electron chi connectivity index (χ3n) is 3.78. The van der Waals surface area contributed by atoms with Crippen LogP contribution in [-0.2, 0) is 19.6 Å². The van der Waals surface area contributed by atoms with Crippen LogP contribution in [0.2, 0.25) is 0 Å². The molecule has 0 fully saturated rings. The Labute approximate surface area is 159 Å². The van der Waals surface area contributed by atoms with Crippen LogP contribution in [0.5, 0.6) is 0 Å². The van der Waals surface area contributed by atoms with Crippen molar-refractivity contribution in [3.8, 4) is 0 Å². The number of carbonyl (C=O) groups is 2. The lowest BCUT2D eigenvalue weighted by Gasteiger charge is -2.22. The third-order valence-corrected chi connectivity index (χ3v) is 4.97. The predicted molar refractivity (Wildman–Crippen MR) is 104 cm³/mol. The zero-order valence-corrected chi connectivity index (χ0v) is 16.0. The molecule has 0 aliphatic carbocycles. The fraction of sp³-hybridized carbons (Fsp3) is 0.263. The number of carbonyl (C=O) groups excluding carboxylic acids is 2. The van der Waals surface area contributed by atoms with Crippen molar-refractivity contribution in [1.82, 2.24) is 0 Å². The van der Waals surface area contributed by atoms with Crippen molar-refractivity contribution < 1.29 is 22.7 Å². The second kappa shape index (κ2) is 9.18. The molecule has 1 N–H and O–H groups in total. The molecule has 0 atom stereocenters. The smallest absolute Gasteiger partial charge is 0.337 e. The number of anilines is 2. The van der Waals surface area contributed by atoms with Crippen molar-refractivity contribution in [2.45, 2.75) is 12.8 Å². The van der Waals surface area contributed by atoms with Gasteiger partial charge < -0.3 is 10.1 Å². The summed E-state index contributed by atoms with van der Waals surface area (Å²) in [6.45, 7) is 0.193. The quantitative estimate of drug-likeness (QED) is 0.700. The number of sulfonamides is 1. The van der Waals surface area contributed by atoms with E-state index in [2.05, 4.69) is 10.1 Å². The number of nitrogens with zero attached hydrogens (tertiary/aromatic N) is 1. The summed E-state index contributed by atoms with van der Waals surface area (Å²) in [5.41, 5.74) is 1.37. The maximum Gasteiger partial charge on any atom is 0.337 e. The molecule has 0 aliphatic heterocycles. The van der Waals surface area contributed by atoms with E-state index in [1.807, 2.05) is 0 Å². The molecule has 0 heterocycles. The minimum absolute atomic E-state index is 0.140. The summed E-state index contributed by atoms with van der Waals surface area (Å²) in [7, 11) is -2.16. The summed E-state index contributed by atoms with van der Waals surface area (Å²) < 4.78 is 29.9. The molecule has 2 rings (SSSR count). The molecule has 0 aliphatic rings. The Bertz CT molecular complexity index is 897. The molecule has 144 valence electrons. The molecule has 0 spiro atoms. The van der Waals surface area contributed by atoms with Gasteiger partial charge in [0.25, 0.3) is 0 Å². The Balaban J connectivity index is 1.94. The molecule has 2 aromatic carbocycles. The van der Waals surface area contributed by atoms with E-state index in [0.29, 0.717) is 23.4 Å². The van der Waals surface area contributed by atoms with E-state index < -0.39 is 16.0 Å². The Morgan fingerprint density at radius 3 is 2.41 bits per heavy atom. The maximum atomic E-state index is 12.1. The van der Waals surface area contributed by atoms with Crippen LogP contribution in [0, 0.1) is 0 Å². The SMILES string of the molecule is COC(=O)c1cccc(NC(=O)CCCN(c2ccccc2)S(C)(=O)=O)c1. The van der Waals surface area contributed by atoms with Crippen LogP contribution in [0.3, 0.4) is 0 Å². The lowest BCUT2D eigenvalue weighted by molar-refractivity contribution is -0.116. The van der Waals surface area contributed by atoms with Gasteiger partial charge in [-0.25, -0.2) is 13.2 Å². The van der Waals surface area contributed by atoms with Gasteiger partial charge in [-0.1, -0.05) is 24.3 Å². The largest absolute Gasteiger partial charge is 0.465 e. The number of methoxy groups -OCH3 is 1. The Kier molecular flexibility index (Phi) is 6.95. The first-order valence-corrected chi connectivity index (χ1v) is 10.2. The first-order valence-electron chi connectivity index (χ1n) is 8.32. The Hall–Kier alpha value is -2.87. The minimum atomic E-state index is -3.44. The molecule has 0 radical (unpaired) electrons. The molecule has 0 saturated carbocycles. The van der Waals surface area contributed by atoms with Gasteiger partial charge in [-0.15, -0.1) is 0 Å². The molecule has 0 saturated heterocycles. The highest BCUT2D eigenvalue weighted by Crippen LogP contribution is 2.18. The van der Waals surface area contributed by atoms with Crippen molar-refractivity contribution in [2.24, 2.45) is 0 Å². The summed E-state index contributed by atoms with van der Waals surface area (Å²) in [4.78, 5) is 23.7. The number of ether oxygens (including phenoxy) is 1. The average Bonchev–Trinajstić information content (AvgIpc) is 2.64. The molecule has 0 aromatic heterocycles. The number of nitrogens with one attached hydrogen (secondary N) is 1. The van der Waals surface area contributed by atoms with Crippen LogP contribution in [0.25, 0.3) is 0 Å². The summed E-state index contributed by atoms with van der Waals surface area (Å²) >= 11 is 0. The van der Waals surface area contributed by atoms with Gasteiger partial charge in [-0.05, 0) is 36.8 Å².